The van der Waals surface area contributed by atoms with Crippen LogP contribution in [0.15, 0.2) is 42.5 Å². The maximum atomic E-state index is 6.13. The van der Waals surface area contributed by atoms with Crippen molar-refractivity contribution in [2.24, 2.45) is 0 Å². The van der Waals surface area contributed by atoms with Crippen molar-refractivity contribution < 1.29 is 4.74 Å². The molecule has 0 saturated heterocycles. The predicted octanol–water partition coefficient (Wildman–Crippen LogP) is 4.41. The van der Waals surface area contributed by atoms with E-state index in [9.17, 15) is 0 Å². The number of benzene rings is 2. The summed E-state index contributed by atoms with van der Waals surface area (Å²) in [5.41, 5.74) is 4.53. The lowest BCUT2D eigenvalue weighted by molar-refractivity contribution is 0.185. The highest BCUT2D eigenvalue weighted by molar-refractivity contribution is 6.31. The van der Waals surface area contributed by atoms with Crippen molar-refractivity contribution in [3.8, 4) is 0 Å². The Bertz CT molecular complexity index is 554. The summed E-state index contributed by atoms with van der Waals surface area (Å²) in [6.45, 7) is 3.37. The van der Waals surface area contributed by atoms with Gasteiger partial charge in [0.05, 0.1) is 6.61 Å². The zero-order valence-corrected chi connectivity index (χ0v) is 12.0. The van der Waals surface area contributed by atoms with Gasteiger partial charge in [0, 0.05) is 29.9 Å². The second-order valence-electron chi connectivity index (χ2n) is 4.53. The number of aryl methyl sites for hydroxylation is 1. The predicted molar refractivity (Wildman–Crippen MR) is 80.7 cm³/mol. The highest BCUT2D eigenvalue weighted by Gasteiger charge is 2.02. The molecule has 0 saturated carbocycles. The Morgan fingerprint density at radius 3 is 2.68 bits per heavy atom. The minimum absolute atomic E-state index is 0.609. The first-order valence-electron chi connectivity index (χ1n) is 6.26. The van der Waals surface area contributed by atoms with Crippen LogP contribution in [0.4, 0.5) is 5.69 Å². The fourth-order valence-corrected chi connectivity index (χ4v) is 2.12. The van der Waals surface area contributed by atoms with Crippen LogP contribution in [0, 0.1) is 6.92 Å². The van der Waals surface area contributed by atoms with Crippen molar-refractivity contribution in [2.45, 2.75) is 20.1 Å². The van der Waals surface area contributed by atoms with Gasteiger partial charge in [-0.05, 0) is 30.2 Å². The molecule has 2 nitrogen and oxygen atoms in total. The average molecular weight is 276 g/mol. The molecule has 0 radical (unpaired) electrons. The number of anilines is 1. The summed E-state index contributed by atoms with van der Waals surface area (Å²) in [5.74, 6) is 0. The fourth-order valence-electron chi connectivity index (χ4n) is 1.92. The van der Waals surface area contributed by atoms with Crippen molar-refractivity contribution in [1.82, 2.24) is 0 Å². The first kappa shape index (κ1) is 13.9. The van der Waals surface area contributed by atoms with E-state index in [4.69, 9.17) is 16.3 Å². The number of methoxy groups -OCH3 is 1. The smallest absolute Gasteiger partial charge is 0.0733 e. The molecule has 0 aliphatic carbocycles. The van der Waals surface area contributed by atoms with E-state index in [1.165, 1.54) is 5.56 Å². The summed E-state index contributed by atoms with van der Waals surface area (Å²) in [4.78, 5) is 0. The number of para-hydroxylation sites is 1. The molecular weight excluding hydrogens is 258 g/mol. The zero-order chi connectivity index (χ0) is 13.7. The van der Waals surface area contributed by atoms with E-state index in [2.05, 4.69) is 23.5 Å². The van der Waals surface area contributed by atoms with E-state index in [0.717, 1.165) is 28.4 Å². The molecule has 0 heterocycles. The van der Waals surface area contributed by atoms with Crippen LogP contribution in [0.2, 0.25) is 5.02 Å². The molecule has 0 aliphatic heterocycles. The van der Waals surface area contributed by atoms with Crippen molar-refractivity contribution in [3.63, 3.8) is 0 Å². The first-order chi connectivity index (χ1) is 9.20. The van der Waals surface area contributed by atoms with Crippen molar-refractivity contribution in [2.75, 3.05) is 12.4 Å². The van der Waals surface area contributed by atoms with Crippen LogP contribution in [0.5, 0.6) is 0 Å². The van der Waals surface area contributed by atoms with Crippen molar-refractivity contribution in [1.29, 1.82) is 0 Å². The van der Waals surface area contributed by atoms with Gasteiger partial charge in [0.15, 0.2) is 0 Å². The van der Waals surface area contributed by atoms with Gasteiger partial charge in [-0.1, -0.05) is 41.9 Å². The third-order valence-corrected chi connectivity index (χ3v) is 3.44. The molecule has 0 amide bonds. The molecule has 0 bridgehead atoms. The topological polar surface area (TPSA) is 21.3 Å². The largest absolute Gasteiger partial charge is 0.381 e. The molecule has 0 spiro atoms. The summed E-state index contributed by atoms with van der Waals surface area (Å²) in [6, 6.07) is 14.3. The second kappa shape index (κ2) is 6.60. The molecule has 1 N–H and O–H groups in total. The Morgan fingerprint density at radius 2 is 1.95 bits per heavy atom. The summed E-state index contributed by atoms with van der Waals surface area (Å²) in [6.07, 6.45) is 0. The molecule has 0 unspecified atom stereocenters. The molecule has 0 aliphatic rings. The normalized spacial score (nSPS) is 10.5. The van der Waals surface area contributed by atoms with Crippen LogP contribution >= 0.6 is 11.6 Å². The minimum atomic E-state index is 0.609. The van der Waals surface area contributed by atoms with Gasteiger partial charge in [-0.15, -0.1) is 0 Å². The fraction of sp³-hybridized carbons (Fsp3) is 0.250. The number of hydrogen-bond donors (Lipinski definition) is 1. The van der Waals surface area contributed by atoms with Crippen molar-refractivity contribution >= 4 is 17.3 Å². The van der Waals surface area contributed by atoms with Crippen LogP contribution in [0.1, 0.15) is 16.7 Å². The zero-order valence-electron chi connectivity index (χ0n) is 11.2. The number of rotatable bonds is 5. The Labute approximate surface area is 119 Å². The number of halogens is 1. The lowest BCUT2D eigenvalue weighted by atomic mass is 10.1. The molecule has 2 aromatic carbocycles. The molecule has 0 atom stereocenters. The summed E-state index contributed by atoms with van der Waals surface area (Å²) in [7, 11) is 1.70. The van der Waals surface area contributed by atoms with Gasteiger partial charge in [0.1, 0.15) is 0 Å². The third-order valence-electron chi connectivity index (χ3n) is 3.04. The molecule has 2 rings (SSSR count). The maximum Gasteiger partial charge on any atom is 0.0733 e. The molecule has 19 heavy (non-hydrogen) atoms. The van der Waals surface area contributed by atoms with Gasteiger partial charge in [0.25, 0.3) is 0 Å². The third kappa shape index (κ3) is 3.72. The Balaban J connectivity index is 2.07. The standard InChI is InChI=1S/C16H18ClNO/c1-12-7-8-13(9-15(12)17)10-18-16-6-4-3-5-14(16)11-19-2/h3-9,18H,10-11H2,1-2H3. The number of hydrogen-bond acceptors (Lipinski definition) is 2. The van der Waals surface area contributed by atoms with E-state index >= 15 is 0 Å². The lowest BCUT2D eigenvalue weighted by Crippen LogP contribution is -2.03. The molecule has 100 valence electrons. The van der Waals surface area contributed by atoms with Crippen LogP contribution in [-0.4, -0.2) is 7.11 Å². The minimum Gasteiger partial charge on any atom is -0.381 e. The van der Waals surface area contributed by atoms with Crippen LogP contribution in [-0.2, 0) is 17.9 Å². The van der Waals surface area contributed by atoms with Gasteiger partial charge in [-0.3, -0.25) is 0 Å². The average Bonchev–Trinajstić information content (AvgIpc) is 2.42. The van der Waals surface area contributed by atoms with Gasteiger partial charge < -0.3 is 10.1 Å². The Kier molecular flexibility index (Phi) is 4.83. The maximum absolute atomic E-state index is 6.13. The summed E-state index contributed by atoms with van der Waals surface area (Å²) in [5, 5.41) is 4.23. The second-order valence-corrected chi connectivity index (χ2v) is 4.93. The highest BCUT2D eigenvalue weighted by Crippen LogP contribution is 2.20. The Hall–Kier alpha value is -1.51. The van der Waals surface area contributed by atoms with Crippen LogP contribution < -0.4 is 5.32 Å². The number of nitrogens with one attached hydrogen (secondary N) is 1. The molecule has 0 fully saturated rings. The van der Waals surface area contributed by atoms with Gasteiger partial charge in [-0.25, -0.2) is 0 Å². The SMILES string of the molecule is COCc1ccccc1NCc1ccc(C)c(Cl)c1. The first-order valence-corrected chi connectivity index (χ1v) is 6.64. The Morgan fingerprint density at radius 1 is 1.16 bits per heavy atom. The van der Waals surface area contributed by atoms with E-state index in [-0.39, 0.29) is 0 Å². The quantitative estimate of drug-likeness (QED) is 0.873. The molecular formula is C16H18ClNO. The summed E-state index contributed by atoms with van der Waals surface area (Å²) < 4.78 is 5.19. The number of ether oxygens (including phenoxy) is 1. The monoisotopic (exact) mass is 275 g/mol. The van der Waals surface area contributed by atoms with Crippen molar-refractivity contribution in [3.05, 3.63) is 64.2 Å². The van der Waals surface area contributed by atoms with Gasteiger partial charge in [-0.2, -0.15) is 0 Å². The molecule has 0 aromatic heterocycles. The van der Waals surface area contributed by atoms with Crippen LogP contribution in [0.25, 0.3) is 0 Å². The van der Waals surface area contributed by atoms with Gasteiger partial charge >= 0.3 is 0 Å². The lowest BCUT2D eigenvalue weighted by Gasteiger charge is -2.12. The van der Waals surface area contributed by atoms with Gasteiger partial charge in [0.2, 0.25) is 0 Å². The van der Waals surface area contributed by atoms with E-state index in [0.29, 0.717) is 6.61 Å². The van der Waals surface area contributed by atoms with Crippen LogP contribution in [0.3, 0.4) is 0 Å². The van der Waals surface area contributed by atoms with E-state index < -0.39 is 0 Å². The molecule has 3 heteroatoms. The summed E-state index contributed by atoms with van der Waals surface area (Å²) >= 11 is 6.13. The van der Waals surface area contributed by atoms with E-state index in [1.807, 2.05) is 31.2 Å². The molecule has 2 aromatic rings. The van der Waals surface area contributed by atoms with E-state index in [1.54, 1.807) is 7.11 Å². The highest BCUT2D eigenvalue weighted by atomic mass is 35.5.